The van der Waals surface area contributed by atoms with Crippen molar-refractivity contribution in [2.24, 2.45) is 0 Å². The Labute approximate surface area is 91.3 Å². The molecule has 86 valence electrons. The number of amides is 1. The lowest BCUT2D eigenvalue weighted by atomic mass is 10.3. The van der Waals surface area contributed by atoms with E-state index in [4.69, 9.17) is 5.11 Å². The van der Waals surface area contributed by atoms with Crippen molar-refractivity contribution < 1.29 is 19.1 Å². The van der Waals surface area contributed by atoms with Gasteiger partial charge in [-0.3, -0.25) is 14.9 Å². The summed E-state index contributed by atoms with van der Waals surface area (Å²) in [4.78, 5) is 21.4. The van der Waals surface area contributed by atoms with E-state index >= 15 is 0 Å². The molecule has 0 spiro atoms. The largest absolute Gasteiger partial charge is 0.480 e. The third kappa shape index (κ3) is 4.52. The maximum Gasteiger partial charge on any atom is 0.317 e. The highest BCUT2D eigenvalue weighted by Gasteiger charge is 2.03. The van der Waals surface area contributed by atoms with Gasteiger partial charge in [-0.2, -0.15) is 0 Å². The third-order valence-electron chi connectivity index (χ3n) is 1.69. The van der Waals surface area contributed by atoms with Gasteiger partial charge in [0.1, 0.15) is 5.82 Å². The number of carbonyl (C=O) groups excluding carboxylic acids is 1. The van der Waals surface area contributed by atoms with Crippen LogP contribution in [-0.4, -0.2) is 30.1 Å². The number of aliphatic carboxylic acids is 1. The van der Waals surface area contributed by atoms with Crippen molar-refractivity contribution >= 4 is 17.6 Å². The molecule has 3 N–H and O–H groups in total. The molecular formula is C10H11FN2O3. The normalized spacial score (nSPS) is 9.81. The number of anilines is 1. The second-order valence-electron chi connectivity index (χ2n) is 3.05. The van der Waals surface area contributed by atoms with E-state index in [-0.39, 0.29) is 24.8 Å². The predicted octanol–water partition coefficient (Wildman–Crippen LogP) is 0.438. The van der Waals surface area contributed by atoms with Gasteiger partial charge in [-0.15, -0.1) is 0 Å². The first-order chi connectivity index (χ1) is 7.58. The lowest BCUT2D eigenvalue weighted by Gasteiger charge is -2.05. The van der Waals surface area contributed by atoms with Crippen molar-refractivity contribution in [1.29, 1.82) is 0 Å². The lowest BCUT2D eigenvalue weighted by molar-refractivity contribution is -0.135. The van der Waals surface area contributed by atoms with Crippen LogP contribution in [-0.2, 0) is 9.59 Å². The maximum atomic E-state index is 12.5. The Hall–Kier alpha value is -1.95. The Kier molecular flexibility index (Phi) is 4.41. The van der Waals surface area contributed by atoms with Crippen LogP contribution in [0.5, 0.6) is 0 Å². The van der Waals surface area contributed by atoms with Crippen molar-refractivity contribution in [1.82, 2.24) is 5.32 Å². The van der Waals surface area contributed by atoms with Crippen LogP contribution in [0.15, 0.2) is 24.3 Å². The summed E-state index contributed by atoms with van der Waals surface area (Å²) in [6.45, 7) is -0.388. The molecule has 0 saturated carbocycles. The van der Waals surface area contributed by atoms with Gasteiger partial charge in [-0.25, -0.2) is 4.39 Å². The molecule has 0 saturated heterocycles. The van der Waals surface area contributed by atoms with Gasteiger partial charge in [0, 0.05) is 5.69 Å². The number of hydrogen-bond acceptors (Lipinski definition) is 3. The minimum Gasteiger partial charge on any atom is -0.480 e. The summed E-state index contributed by atoms with van der Waals surface area (Å²) >= 11 is 0. The van der Waals surface area contributed by atoms with Crippen LogP contribution in [0.3, 0.4) is 0 Å². The number of carboxylic acids is 1. The number of halogens is 1. The molecule has 0 aromatic heterocycles. The topological polar surface area (TPSA) is 78.4 Å². The zero-order valence-corrected chi connectivity index (χ0v) is 8.37. The molecule has 0 unspecified atom stereocenters. The van der Waals surface area contributed by atoms with Gasteiger partial charge < -0.3 is 10.4 Å². The van der Waals surface area contributed by atoms with E-state index in [1.807, 2.05) is 0 Å². The fourth-order valence-corrected chi connectivity index (χ4v) is 1.02. The molecule has 0 bridgehead atoms. The molecule has 1 aromatic carbocycles. The zero-order valence-electron chi connectivity index (χ0n) is 8.37. The number of rotatable bonds is 5. The van der Waals surface area contributed by atoms with E-state index in [0.717, 1.165) is 0 Å². The Morgan fingerprint density at radius 3 is 2.38 bits per heavy atom. The molecule has 0 aliphatic carbocycles. The first-order valence-electron chi connectivity index (χ1n) is 4.56. The highest BCUT2D eigenvalue weighted by Crippen LogP contribution is 2.07. The first kappa shape index (κ1) is 12.1. The zero-order chi connectivity index (χ0) is 12.0. The Morgan fingerprint density at radius 2 is 1.81 bits per heavy atom. The number of benzene rings is 1. The van der Waals surface area contributed by atoms with Crippen LogP contribution in [0.2, 0.25) is 0 Å². The number of carboxylic acid groups (broad SMARTS) is 1. The van der Waals surface area contributed by atoms with Crippen LogP contribution in [0, 0.1) is 5.82 Å². The summed E-state index contributed by atoms with van der Waals surface area (Å²) in [7, 11) is 0. The fraction of sp³-hybridized carbons (Fsp3) is 0.200. The summed E-state index contributed by atoms with van der Waals surface area (Å²) in [5, 5.41) is 13.2. The van der Waals surface area contributed by atoms with Gasteiger partial charge in [0.15, 0.2) is 0 Å². The molecule has 1 aromatic rings. The van der Waals surface area contributed by atoms with Gasteiger partial charge in [-0.1, -0.05) is 0 Å². The molecule has 0 aliphatic heterocycles. The summed E-state index contributed by atoms with van der Waals surface area (Å²) in [5.41, 5.74) is 0.462. The molecule has 0 fully saturated rings. The minimum absolute atomic E-state index is 0.107. The lowest BCUT2D eigenvalue weighted by Crippen LogP contribution is -2.31. The SMILES string of the molecule is O=C(O)CNCC(=O)Nc1ccc(F)cc1. The molecule has 5 nitrogen and oxygen atoms in total. The van der Waals surface area contributed by atoms with E-state index < -0.39 is 5.97 Å². The van der Waals surface area contributed by atoms with Crippen LogP contribution in [0.25, 0.3) is 0 Å². The van der Waals surface area contributed by atoms with Gasteiger partial charge in [0.25, 0.3) is 0 Å². The quantitative estimate of drug-likeness (QED) is 0.680. The Balaban J connectivity index is 2.34. The van der Waals surface area contributed by atoms with Crippen molar-refractivity contribution in [3.8, 4) is 0 Å². The van der Waals surface area contributed by atoms with Crippen molar-refractivity contribution in [3.05, 3.63) is 30.1 Å². The standard InChI is InChI=1S/C10H11FN2O3/c11-7-1-3-8(4-2-7)13-9(14)5-12-6-10(15)16/h1-4,12H,5-6H2,(H,13,14)(H,15,16). The number of carbonyl (C=O) groups is 2. The average Bonchev–Trinajstić information content (AvgIpc) is 2.21. The van der Waals surface area contributed by atoms with E-state index in [0.29, 0.717) is 5.69 Å². The van der Waals surface area contributed by atoms with Gasteiger partial charge in [-0.05, 0) is 24.3 Å². The van der Waals surface area contributed by atoms with E-state index in [1.54, 1.807) is 0 Å². The summed E-state index contributed by atoms with van der Waals surface area (Å²) in [5.74, 6) is -1.80. The maximum absolute atomic E-state index is 12.5. The molecule has 1 rings (SSSR count). The van der Waals surface area contributed by atoms with Crippen molar-refractivity contribution in [2.75, 3.05) is 18.4 Å². The smallest absolute Gasteiger partial charge is 0.317 e. The molecule has 0 heterocycles. The van der Waals surface area contributed by atoms with Crippen LogP contribution < -0.4 is 10.6 Å². The molecule has 0 atom stereocenters. The second kappa shape index (κ2) is 5.82. The van der Waals surface area contributed by atoms with Crippen molar-refractivity contribution in [2.45, 2.75) is 0 Å². The van der Waals surface area contributed by atoms with Gasteiger partial charge in [0.2, 0.25) is 5.91 Å². The molecule has 16 heavy (non-hydrogen) atoms. The first-order valence-corrected chi connectivity index (χ1v) is 4.56. The highest BCUT2D eigenvalue weighted by atomic mass is 19.1. The molecular weight excluding hydrogens is 215 g/mol. The Bertz CT molecular complexity index is 378. The summed E-state index contributed by atoms with van der Waals surface area (Å²) in [6.07, 6.45) is 0. The highest BCUT2D eigenvalue weighted by molar-refractivity contribution is 5.92. The van der Waals surface area contributed by atoms with Crippen LogP contribution in [0.1, 0.15) is 0 Å². The fourth-order valence-electron chi connectivity index (χ4n) is 1.02. The monoisotopic (exact) mass is 226 g/mol. The summed E-state index contributed by atoms with van der Waals surface area (Å²) in [6, 6.07) is 5.29. The van der Waals surface area contributed by atoms with Gasteiger partial charge in [0.05, 0.1) is 13.1 Å². The van der Waals surface area contributed by atoms with E-state index in [2.05, 4.69) is 10.6 Å². The molecule has 6 heteroatoms. The minimum atomic E-state index is -1.03. The molecule has 0 aliphatic rings. The van der Waals surface area contributed by atoms with Crippen LogP contribution >= 0.6 is 0 Å². The second-order valence-corrected chi connectivity index (χ2v) is 3.05. The Morgan fingerprint density at radius 1 is 1.19 bits per heavy atom. The number of hydrogen-bond donors (Lipinski definition) is 3. The molecule has 1 amide bonds. The number of nitrogens with one attached hydrogen (secondary N) is 2. The van der Waals surface area contributed by atoms with E-state index in [9.17, 15) is 14.0 Å². The van der Waals surface area contributed by atoms with Crippen LogP contribution in [0.4, 0.5) is 10.1 Å². The molecule has 0 radical (unpaired) electrons. The summed E-state index contributed by atoms with van der Waals surface area (Å²) < 4.78 is 12.5. The predicted molar refractivity (Wildman–Crippen MR) is 55.5 cm³/mol. The third-order valence-corrected chi connectivity index (χ3v) is 1.69. The average molecular weight is 226 g/mol. The van der Waals surface area contributed by atoms with Crippen molar-refractivity contribution in [3.63, 3.8) is 0 Å². The van der Waals surface area contributed by atoms with E-state index in [1.165, 1.54) is 24.3 Å². The van der Waals surface area contributed by atoms with Gasteiger partial charge >= 0.3 is 5.97 Å².